The van der Waals surface area contributed by atoms with Gasteiger partial charge in [-0.3, -0.25) is 0 Å². The zero-order chi connectivity index (χ0) is 15.0. The molecule has 0 aromatic carbocycles. The van der Waals surface area contributed by atoms with E-state index in [9.17, 15) is 15.3 Å². The molecular weight excluding hydrogens is 262 g/mol. The number of hydrogen-bond donors (Lipinski definition) is 6. The van der Waals surface area contributed by atoms with Crippen molar-refractivity contribution in [2.45, 2.75) is 75.3 Å². The molecule has 0 aliphatic carbocycles. The van der Waals surface area contributed by atoms with Crippen LogP contribution in [-0.4, -0.2) is 69.1 Å². The highest BCUT2D eigenvalue weighted by Crippen LogP contribution is 2.20. The minimum absolute atomic E-state index is 0.248. The first kappa shape index (κ1) is 17.8. The number of nitrogens with one attached hydrogen (secondary N) is 1. The van der Waals surface area contributed by atoms with Gasteiger partial charge in [-0.25, -0.2) is 0 Å². The molecule has 0 amide bonds. The molecule has 0 spiro atoms. The van der Waals surface area contributed by atoms with Crippen molar-refractivity contribution in [3.63, 3.8) is 0 Å². The van der Waals surface area contributed by atoms with Gasteiger partial charge in [-0.05, 0) is 12.8 Å². The van der Waals surface area contributed by atoms with Crippen LogP contribution in [0.4, 0.5) is 0 Å². The van der Waals surface area contributed by atoms with E-state index in [1.165, 1.54) is 0 Å². The molecule has 1 heterocycles. The maximum Gasteiger partial charge on any atom is 0.0993 e. The van der Waals surface area contributed by atoms with Gasteiger partial charge >= 0.3 is 0 Å². The third-order valence-corrected chi connectivity index (χ3v) is 4.06. The van der Waals surface area contributed by atoms with E-state index >= 15 is 0 Å². The SMILES string of the molecule is OCCCCCCCCC(O)C1NC(CO)C(O)C1O. The molecule has 1 rings (SSSR count). The quantitative estimate of drug-likeness (QED) is 0.292. The van der Waals surface area contributed by atoms with Crippen molar-refractivity contribution in [3.05, 3.63) is 0 Å². The normalized spacial score (nSPS) is 31.6. The first-order valence-corrected chi connectivity index (χ1v) is 7.63. The van der Waals surface area contributed by atoms with E-state index in [1.807, 2.05) is 0 Å². The summed E-state index contributed by atoms with van der Waals surface area (Å²) in [5.41, 5.74) is 0. The van der Waals surface area contributed by atoms with Crippen LogP contribution in [0.1, 0.15) is 44.9 Å². The van der Waals surface area contributed by atoms with E-state index in [-0.39, 0.29) is 13.2 Å². The Morgan fingerprint density at radius 3 is 2.00 bits per heavy atom. The number of hydrogen-bond acceptors (Lipinski definition) is 6. The van der Waals surface area contributed by atoms with Crippen LogP contribution in [0.3, 0.4) is 0 Å². The number of rotatable bonds is 10. The summed E-state index contributed by atoms with van der Waals surface area (Å²) < 4.78 is 0. The van der Waals surface area contributed by atoms with Gasteiger partial charge in [-0.15, -0.1) is 0 Å². The second kappa shape index (κ2) is 9.65. The molecule has 0 aromatic heterocycles. The molecular formula is C14H29NO5. The molecule has 6 N–H and O–H groups in total. The Morgan fingerprint density at radius 1 is 0.850 bits per heavy atom. The Bertz CT molecular complexity index is 254. The topological polar surface area (TPSA) is 113 Å². The molecule has 0 radical (unpaired) electrons. The Hall–Kier alpha value is -0.240. The van der Waals surface area contributed by atoms with Crippen LogP contribution in [0, 0.1) is 0 Å². The molecule has 6 nitrogen and oxygen atoms in total. The maximum absolute atomic E-state index is 10.0. The molecule has 0 bridgehead atoms. The summed E-state index contributed by atoms with van der Waals surface area (Å²) >= 11 is 0. The largest absolute Gasteiger partial charge is 0.396 e. The first-order valence-electron chi connectivity index (χ1n) is 7.63. The Morgan fingerprint density at radius 2 is 1.45 bits per heavy atom. The summed E-state index contributed by atoms with van der Waals surface area (Å²) in [5.74, 6) is 0. The second-order valence-corrected chi connectivity index (χ2v) is 5.66. The van der Waals surface area contributed by atoms with Gasteiger partial charge in [-0.1, -0.05) is 32.1 Å². The molecule has 1 saturated heterocycles. The Balaban J connectivity index is 2.15. The fourth-order valence-electron chi connectivity index (χ4n) is 2.75. The fraction of sp³-hybridized carbons (Fsp3) is 1.00. The van der Waals surface area contributed by atoms with Crippen LogP contribution in [0.5, 0.6) is 0 Å². The fourth-order valence-corrected chi connectivity index (χ4v) is 2.75. The van der Waals surface area contributed by atoms with E-state index in [4.69, 9.17) is 10.2 Å². The van der Waals surface area contributed by atoms with Gasteiger partial charge in [0.25, 0.3) is 0 Å². The van der Waals surface area contributed by atoms with E-state index < -0.39 is 30.4 Å². The summed E-state index contributed by atoms with van der Waals surface area (Å²) in [5, 5.41) is 50.1. The molecule has 0 aromatic rings. The smallest absolute Gasteiger partial charge is 0.0993 e. The third kappa shape index (κ3) is 5.27. The molecule has 6 heteroatoms. The molecule has 20 heavy (non-hydrogen) atoms. The third-order valence-electron chi connectivity index (χ3n) is 4.06. The lowest BCUT2D eigenvalue weighted by molar-refractivity contribution is -0.00443. The minimum Gasteiger partial charge on any atom is -0.396 e. The zero-order valence-electron chi connectivity index (χ0n) is 12.0. The van der Waals surface area contributed by atoms with Crippen LogP contribution >= 0.6 is 0 Å². The lowest BCUT2D eigenvalue weighted by atomic mass is 9.99. The lowest BCUT2D eigenvalue weighted by Crippen LogP contribution is -2.44. The van der Waals surface area contributed by atoms with Crippen LogP contribution in [0.15, 0.2) is 0 Å². The molecule has 1 aliphatic heterocycles. The Labute approximate surface area is 120 Å². The summed E-state index contributed by atoms with van der Waals surface area (Å²) in [6, 6.07) is -1.14. The average molecular weight is 291 g/mol. The summed E-state index contributed by atoms with van der Waals surface area (Å²) in [6.45, 7) is -0.00932. The molecule has 120 valence electrons. The van der Waals surface area contributed by atoms with Gasteiger partial charge in [0.1, 0.15) is 0 Å². The van der Waals surface area contributed by atoms with Gasteiger partial charge < -0.3 is 30.8 Å². The van der Waals surface area contributed by atoms with Crippen molar-refractivity contribution in [1.82, 2.24) is 5.32 Å². The molecule has 5 unspecified atom stereocenters. The maximum atomic E-state index is 10.0. The lowest BCUT2D eigenvalue weighted by Gasteiger charge is -2.22. The monoisotopic (exact) mass is 291 g/mol. The van der Waals surface area contributed by atoms with Crippen LogP contribution in [0.2, 0.25) is 0 Å². The standard InChI is InChI=1S/C14H29NO5/c16-8-6-4-2-1-3-5-7-11(18)12-14(20)13(19)10(9-17)15-12/h10-20H,1-9H2. The Kier molecular flexibility index (Phi) is 8.60. The molecule has 0 saturated carbocycles. The van der Waals surface area contributed by atoms with Crippen molar-refractivity contribution in [1.29, 1.82) is 0 Å². The van der Waals surface area contributed by atoms with Crippen molar-refractivity contribution >= 4 is 0 Å². The zero-order valence-corrected chi connectivity index (χ0v) is 12.0. The highest BCUT2D eigenvalue weighted by atomic mass is 16.3. The first-order chi connectivity index (χ1) is 9.61. The van der Waals surface area contributed by atoms with Crippen molar-refractivity contribution in [2.24, 2.45) is 0 Å². The summed E-state index contributed by atoms with van der Waals surface area (Å²) in [7, 11) is 0. The van der Waals surface area contributed by atoms with E-state index in [1.54, 1.807) is 0 Å². The van der Waals surface area contributed by atoms with E-state index in [0.29, 0.717) is 6.42 Å². The van der Waals surface area contributed by atoms with Crippen LogP contribution < -0.4 is 5.32 Å². The van der Waals surface area contributed by atoms with Gasteiger partial charge in [0, 0.05) is 6.61 Å². The number of unbranched alkanes of at least 4 members (excludes halogenated alkanes) is 5. The predicted molar refractivity (Wildman–Crippen MR) is 75.2 cm³/mol. The summed E-state index contributed by atoms with van der Waals surface area (Å²) in [4.78, 5) is 0. The highest BCUT2D eigenvalue weighted by Gasteiger charge is 2.43. The minimum atomic E-state index is -1.04. The van der Waals surface area contributed by atoms with Gasteiger partial charge in [0.05, 0.1) is 37.0 Å². The van der Waals surface area contributed by atoms with E-state index in [2.05, 4.69) is 5.32 Å². The van der Waals surface area contributed by atoms with Crippen molar-refractivity contribution in [3.8, 4) is 0 Å². The molecule has 1 fully saturated rings. The van der Waals surface area contributed by atoms with E-state index in [0.717, 1.165) is 38.5 Å². The van der Waals surface area contributed by atoms with Crippen molar-refractivity contribution in [2.75, 3.05) is 13.2 Å². The van der Waals surface area contributed by atoms with Gasteiger partial charge in [0.15, 0.2) is 0 Å². The molecule has 5 atom stereocenters. The van der Waals surface area contributed by atoms with Gasteiger partial charge in [-0.2, -0.15) is 0 Å². The van der Waals surface area contributed by atoms with Crippen LogP contribution in [0.25, 0.3) is 0 Å². The highest BCUT2D eigenvalue weighted by molar-refractivity contribution is 5.00. The predicted octanol–water partition coefficient (Wildman–Crippen LogP) is -0.875. The summed E-state index contributed by atoms with van der Waals surface area (Å²) in [6.07, 6.45) is 3.72. The van der Waals surface area contributed by atoms with Crippen LogP contribution in [-0.2, 0) is 0 Å². The molecule has 1 aliphatic rings. The second-order valence-electron chi connectivity index (χ2n) is 5.66. The number of aliphatic hydroxyl groups is 5. The van der Waals surface area contributed by atoms with Gasteiger partial charge in [0.2, 0.25) is 0 Å². The number of aliphatic hydroxyl groups excluding tert-OH is 5. The average Bonchev–Trinajstić information content (AvgIpc) is 2.74. The van der Waals surface area contributed by atoms with Crippen molar-refractivity contribution < 1.29 is 25.5 Å².